The lowest BCUT2D eigenvalue weighted by Crippen LogP contribution is -2.42. The van der Waals surface area contributed by atoms with Gasteiger partial charge in [-0.2, -0.15) is 18.3 Å². The van der Waals surface area contributed by atoms with Crippen LogP contribution in [0.15, 0.2) is 59.7 Å². The van der Waals surface area contributed by atoms with Gasteiger partial charge >= 0.3 is 6.18 Å². The van der Waals surface area contributed by atoms with Crippen LogP contribution in [0.5, 0.6) is 0 Å². The van der Waals surface area contributed by atoms with Gasteiger partial charge in [-0.25, -0.2) is 14.6 Å². The lowest BCUT2D eigenvalue weighted by molar-refractivity contribution is -0.146. The number of nitrogens with zero attached hydrogens (tertiary/aromatic N) is 5. The second-order valence-corrected chi connectivity index (χ2v) is 6.86. The molecule has 0 spiro atoms. The van der Waals surface area contributed by atoms with Crippen molar-refractivity contribution in [1.82, 2.24) is 19.7 Å². The molecule has 2 aromatic heterocycles. The Labute approximate surface area is 164 Å². The highest BCUT2D eigenvalue weighted by Crippen LogP contribution is 2.34. The van der Waals surface area contributed by atoms with Crippen LogP contribution in [0.1, 0.15) is 18.4 Å². The van der Waals surface area contributed by atoms with E-state index < -0.39 is 12.2 Å². The first-order valence-electron chi connectivity index (χ1n) is 9.20. The fraction of sp³-hybridized carbons (Fsp3) is 0.300. The molecule has 4 rings (SSSR count). The predicted octanol–water partition coefficient (Wildman–Crippen LogP) is 3.28. The van der Waals surface area contributed by atoms with E-state index in [1.807, 2.05) is 30.3 Å². The van der Waals surface area contributed by atoms with Crippen molar-refractivity contribution in [2.75, 3.05) is 11.4 Å². The standard InChI is InChI=1S/C20H18F3N5O/c21-20(22,23)17-7-4-10-27(17)19-24-11-15(12-25-19)16-8-9-18(29)28(26-16)13-14-5-2-1-3-6-14/h1-3,5-6,8-9,11-12,17H,4,7,10,13H2. The average Bonchev–Trinajstić information content (AvgIpc) is 3.21. The molecule has 3 heterocycles. The molecule has 1 atom stereocenters. The molecule has 0 N–H and O–H groups in total. The quantitative estimate of drug-likeness (QED) is 0.671. The van der Waals surface area contributed by atoms with Gasteiger partial charge in [0.05, 0.1) is 12.2 Å². The van der Waals surface area contributed by atoms with Gasteiger partial charge < -0.3 is 4.90 Å². The number of anilines is 1. The lowest BCUT2D eigenvalue weighted by atomic mass is 10.2. The zero-order valence-electron chi connectivity index (χ0n) is 15.4. The summed E-state index contributed by atoms with van der Waals surface area (Å²) in [6, 6.07) is 10.8. The molecule has 6 nitrogen and oxygen atoms in total. The third-order valence-corrected chi connectivity index (χ3v) is 4.86. The molecule has 0 bridgehead atoms. The summed E-state index contributed by atoms with van der Waals surface area (Å²) in [4.78, 5) is 21.6. The normalized spacial score (nSPS) is 16.9. The first-order chi connectivity index (χ1) is 13.9. The molecule has 9 heteroatoms. The van der Waals surface area contributed by atoms with Gasteiger partial charge in [-0.3, -0.25) is 4.79 Å². The van der Waals surface area contributed by atoms with Crippen LogP contribution in [-0.2, 0) is 6.54 Å². The van der Waals surface area contributed by atoms with Crippen LogP contribution < -0.4 is 10.5 Å². The Morgan fingerprint density at radius 2 is 1.76 bits per heavy atom. The fourth-order valence-electron chi connectivity index (χ4n) is 3.42. The summed E-state index contributed by atoms with van der Waals surface area (Å²) < 4.78 is 40.8. The fourth-order valence-corrected chi connectivity index (χ4v) is 3.42. The SMILES string of the molecule is O=c1ccc(-c2cnc(N3CCCC3C(F)(F)F)nc2)nn1Cc1ccccc1. The zero-order valence-corrected chi connectivity index (χ0v) is 15.4. The van der Waals surface area contributed by atoms with Crippen LogP contribution in [0, 0.1) is 0 Å². The molecule has 1 aromatic carbocycles. The van der Waals surface area contributed by atoms with Gasteiger partial charge in [-0.1, -0.05) is 30.3 Å². The number of alkyl halides is 3. The maximum atomic E-state index is 13.2. The Bertz CT molecular complexity index is 1030. The maximum Gasteiger partial charge on any atom is 0.408 e. The predicted molar refractivity (Wildman–Crippen MR) is 101 cm³/mol. The van der Waals surface area contributed by atoms with Crippen molar-refractivity contribution in [1.29, 1.82) is 0 Å². The van der Waals surface area contributed by atoms with Crippen molar-refractivity contribution in [3.63, 3.8) is 0 Å². The molecule has 1 aliphatic heterocycles. The highest BCUT2D eigenvalue weighted by molar-refractivity contribution is 5.56. The Morgan fingerprint density at radius 3 is 2.45 bits per heavy atom. The van der Waals surface area contributed by atoms with Gasteiger partial charge in [0.2, 0.25) is 5.95 Å². The molecule has 0 aliphatic carbocycles. The average molecular weight is 401 g/mol. The van der Waals surface area contributed by atoms with Crippen LogP contribution in [-0.4, -0.2) is 38.5 Å². The van der Waals surface area contributed by atoms with Gasteiger partial charge in [0, 0.05) is 30.6 Å². The van der Waals surface area contributed by atoms with E-state index in [9.17, 15) is 18.0 Å². The molecule has 1 fully saturated rings. The number of halogens is 3. The zero-order chi connectivity index (χ0) is 20.4. The summed E-state index contributed by atoms with van der Waals surface area (Å²) in [7, 11) is 0. The van der Waals surface area contributed by atoms with Crippen molar-refractivity contribution in [3.05, 3.63) is 70.8 Å². The number of benzene rings is 1. The Hall–Kier alpha value is -3.23. The largest absolute Gasteiger partial charge is 0.408 e. The lowest BCUT2D eigenvalue weighted by Gasteiger charge is -2.26. The van der Waals surface area contributed by atoms with E-state index >= 15 is 0 Å². The molecule has 29 heavy (non-hydrogen) atoms. The molecular formula is C20H18F3N5O. The minimum Gasteiger partial charge on any atom is -0.329 e. The number of hydrogen-bond acceptors (Lipinski definition) is 5. The summed E-state index contributed by atoms with van der Waals surface area (Å²) in [5.74, 6) is 0.0474. The molecule has 0 saturated carbocycles. The van der Waals surface area contributed by atoms with Gasteiger partial charge in [-0.15, -0.1) is 0 Å². The monoisotopic (exact) mass is 401 g/mol. The number of hydrogen-bond donors (Lipinski definition) is 0. The first-order valence-corrected chi connectivity index (χ1v) is 9.20. The minimum absolute atomic E-state index is 0.0423. The van der Waals surface area contributed by atoms with Gasteiger partial charge in [0.1, 0.15) is 6.04 Å². The number of aromatic nitrogens is 4. The van der Waals surface area contributed by atoms with Gasteiger partial charge in [-0.05, 0) is 24.5 Å². The van der Waals surface area contributed by atoms with Crippen LogP contribution >= 0.6 is 0 Å². The summed E-state index contributed by atoms with van der Waals surface area (Å²) >= 11 is 0. The van der Waals surface area contributed by atoms with E-state index in [0.717, 1.165) is 5.56 Å². The molecule has 0 amide bonds. The third-order valence-electron chi connectivity index (χ3n) is 4.86. The van der Waals surface area contributed by atoms with E-state index in [4.69, 9.17) is 0 Å². The Balaban J connectivity index is 1.58. The van der Waals surface area contributed by atoms with Crippen molar-refractivity contribution in [2.45, 2.75) is 31.6 Å². The second kappa shape index (κ2) is 7.65. The van der Waals surface area contributed by atoms with E-state index in [1.165, 1.54) is 28.0 Å². The molecule has 3 aromatic rings. The molecule has 0 radical (unpaired) electrons. The van der Waals surface area contributed by atoms with Crippen LogP contribution in [0.3, 0.4) is 0 Å². The van der Waals surface area contributed by atoms with E-state index in [2.05, 4.69) is 15.1 Å². The molecule has 1 aliphatic rings. The Kier molecular flexibility index (Phi) is 5.04. The van der Waals surface area contributed by atoms with Crippen molar-refractivity contribution < 1.29 is 13.2 Å². The van der Waals surface area contributed by atoms with Gasteiger partial charge in [0.15, 0.2) is 0 Å². The van der Waals surface area contributed by atoms with Crippen molar-refractivity contribution >= 4 is 5.95 Å². The van der Waals surface area contributed by atoms with Crippen LogP contribution in [0.2, 0.25) is 0 Å². The van der Waals surface area contributed by atoms with Crippen LogP contribution in [0.4, 0.5) is 19.1 Å². The topological polar surface area (TPSA) is 63.9 Å². The van der Waals surface area contributed by atoms with Crippen molar-refractivity contribution in [2.24, 2.45) is 0 Å². The highest BCUT2D eigenvalue weighted by atomic mass is 19.4. The van der Waals surface area contributed by atoms with E-state index in [0.29, 0.717) is 24.2 Å². The van der Waals surface area contributed by atoms with E-state index in [1.54, 1.807) is 6.07 Å². The summed E-state index contributed by atoms with van der Waals surface area (Å²) in [5.41, 5.74) is 1.68. The molecule has 1 unspecified atom stereocenters. The summed E-state index contributed by atoms with van der Waals surface area (Å²) in [6.07, 6.45) is -0.948. The molecule has 1 saturated heterocycles. The van der Waals surface area contributed by atoms with Crippen LogP contribution in [0.25, 0.3) is 11.3 Å². The second-order valence-electron chi connectivity index (χ2n) is 6.86. The first kappa shape index (κ1) is 19.1. The highest BCUT2D eigenvalue weighted by Gasteiger charge is 2.46. The maximum absolute atomic E-state index is 13.2. The molecular weight excluding hydrogens is 383 g/mol. The minimum atomic E-state index is -4.31. The number of rotatable bonds is 4. The summed E-state index contributed by atoms with van der Waals surface area (Å²) in [6.45, 7) is 0.581. The van der Waals surface area contributed by atoms with Gasteiger partial charge in [0.25, 0.3) is 5.56 Å². The van der Waals surface area contributed by atoms with Crippen molar-refractivity contribution in [3.8, 4) is 11.3 Å². The summed E-state index contributed by atoms with van der Waals surface area (Å²) in [5, 5.41) is 4.35. The third kappa shape index (κ3) is 4.13. The Morgan fingerprint density at radius 1 is 1.03 bits per heavy atom. The molecule has 150 valence electrons. The smallest absolute Gasteiger partial charge is 0.329 e. The van der Waals surface area contributed by atoms with E-state index in [-0.39, 0.29) is 24.5 Å².